The van der Waals surface area contributed by atoms with Crippen LogP contribution in [0, 0.1) is 11.3 Å². The number of hydrogen-bond acceptors (Lipinski definition) is 3. The van der Waals surface area contributed by atoms with Crippen LogP contribution in [0.2, 0.25) is 0 Å². The summed E-state index contributed by atoms with van der Waals surface area (Å²) in [5, 5.41) is 7.28. The zero-order valence-electron chi connectivity index (χ0n) is 15.3. The number of halogens is 1. The van der Waals surface area contributed by atoms with Gasteiger partial charge in [-0.2, -0.15) is 0 Å². The first kappa shape index (κ1) is 19.2. The number of carbonyl (C=O) groups is 1. The normalized spacial score (nSPS) is 36.6. The Bertz CT molecular complexity index is 535. The quantitative estimate of drug-likeness (QED) is 0.373. The fourth-order valence-electron chi connectivity index (χ4n) is 5.55. The van der Waals surface area contributed by atoms with Crippen LogP contribution in [0.4, 0.5) is 0 Å². The SMILES string of the molecule is CN=C(NC1CCC(=O)N(C)C1)NC1C2CCOC2C12CCCC2.I. The van der Waals surface area contributed by atoms with Gasteiger partial charge in [0.1, 0.15) is 0 Å². The van der Waals surface area contributed by atoms with E-state index in [1.807, 2.05) is 19.0 Å². The molecule has 4 unspecified atom stereocenters. The molecule has 0 aromatic heterocycles. The van der Waals surface area contributed by atoms with E-state index in [0.29, 0.717) is 29.9 Å². The van der Waals surface area contributed by atoms with Crippen molar-refractivity contribution >= 4 is 35.8 Å². The molecule has 142 valence electrons. The number of carbonyl (C=O) groups excluding carboxylic acids is 1. The summed E-state index contributed by atoms with van der Waals surface area (Å²) in [4.78, 5) is 17.9. The molecule has 2 N–H and O–H groups in total. The van der Waals surface area contributed by atoms with Gasteiger partial charge in [0.25, 0.3) is 0 Å². The summed E-state index contributed by atoms with van der Waals surface area (Å²) in [5.74, 6) is 1.77. The number of rotatable bonds is 2. The van der Waals surface area contributed by atoms with Crippen LogP contribution in [0.15, 0.2) is 4.99 Å². The number of likely N-dealkylation sites (N-methyl/N-ethyl adjacent to an activating group) is 1. The third-order valence-corrected chi connectivity index (χ3v) is 6.77. The second-order valence-electron chi connectivity index (χ2n) is 8.03. The highest BCUT2D eigenvalue weighted by atomic mass is 127. The summed E-state index contributed by atoms with van der Waals surface area (Å²) in [6.45, 7) is 1.67. The van der Waals surface area contributed by atoms with Crippen molar-refractivity contribution in [3.05, 3.63) is 0 Å². The van der Waals surface area contributed by atoms with Gasteiger partial charge in [0.15, 0.2) is 5.96 Å². The second-order valence-corrected chi connectivity index (χ2v) is 8.03. The molecule has 0 bridgehead atoms. The number of aliphatic imine (C=N–C) groups is 1. The van der Waals surface area contributed by atoms with E-state index < -0.39 is 0 Å². The Kier molecular flexibility index (Phi) is 5.82. The van der Waals surface area contributed by atoms with E-state index in [0.717, 1.165) is 25.5 Å². The summed E-state index contributed by atoms with van der Waals surface area (Å²) < 4.78 is 6.07. The maximum absolute atomic E-state index is 11.7. The molecule has 2 saturated heterocycles. The lowest BCUT2D eigenvalue weighted by molar-refractivity contribution is -0.132. The third-order valence-electron chi connectivity index (χ3n) is 6.77. The van der Waals surface area contributed by atoms with Gasteiger partial charge < -0.3 is 20.3 Å². The third kappa shape index (κ3) is 3.26. The van der Waals surface area contributed by atoms with Crippen molar-refractivity contribution in [2.24, 2.45) is 16.3 Å². The Morgan fingerprint density at radius 3 is 2.72 bits per heavy atom. The van der Waals surface area contributed by atoms with Gasteiger partial charge >= 0.3 is 0 Å². The Morgan fingerprint density at radius 1 is 1.28 bits per heavy atom. The topological polar surface area (TPSA) is 66.0 Å². The highest BCUT2D eigenvalue weighted by Crippen LogP contribution is 2.60. The number of ether oxygens (including phenoxy) is 1. The molecule has 7 heteroatoms. The van der Waals surface area contributed by atoms with Gasteiger partial charge in [-0.3, -0.25) is 9.79 Å². The molecule has 0 aromatic rings. The minimum absolute atomic E-state index is 0. The molecule has 4 rings (SSSR count). The summed E-state index contributed by atoms with van der Waals surface area (Å²) in [6, 6.07) is 0.774. The van der Waals surface area contributed by atoms with E-state index in [2.05, 4.69) is 15.6 Å². The summed E-state index contributed by atoms with van der Waals surface area (Å²) in [7, 11) is 3.72. The van der Waals surface area contributed by atoms with Crippen LogP contribution in [-0.2, 0) is 9.53 Å². The monoisotopic (exact) mass is 462 g/mol. The van der Waals surface area contributed by atoms with E-state index in [1.54, 1.807) is 0 Å². The second kappa shape index (κ2) is 7.58. The van der Waals surface area contributed by atoms with E-state index in [-0.39, 0.29) is 35.9 Å². The van der Waals surface area contributed by atoms with Crippen molar-refractivity contribution in [2.75, 3.05) is 27.2 Å². The van der Waals surface area contributed by atoms with E-state index >= 15 is 0 Å². The zero-order valence-corrected chi connectivity index (χ0v) is 17.6. The molecule has 4 fully saturated rings. The van der Waals surface area contributed by atoms with Crippen molar-refractivity contribution in [2.45, 2.75) is 63.1 Å². The van der Waals surface area contributed by atoms with Gasteiger partial charge in [-0.05, 0) is 25.7 Å². The van der Waals surface area contributed by atoms with Crippen LogP contribution in [-0.4, -0.2) is 62.2 Å². The number of guanidine groups is 1. The molecular formula is C18H31IN4O2. The van der Waals surface area contributed by atoms with Crippen LogP contribution in [0.1, 0.15) is 44.9 Å². The Hall–Kier alpha value is -0.570. The highest BCUT2D eigenvalue weighted by molar-refractivity contribution is 14.0. The lowest BCUT2D eigenvalue weighted by Crippen LogP contribution is -2.69. The summed E-state index contributed by atoms with van der Waals surface area (Å²) in [6.07, 6.45) is 8.35. The first-order valence-electron chi connectivity index (χ1n) is 9.49. The van der Waals surface area contributed by atoms with Crippen molar-refractivity contribution in [1.29, 1.82) is 0 Å². The maximum Gasteiger partial charge on any atom is 0.222 e. The first-order valence-corrected chi connectivity index (χ1v) is 9.49. The summed E-state index contributed by atoms with van der Waals surface area (Å²) in [5.41, 5.74) is 0.331. The number of fused-ring (bicyclic) bond motifs is 2. The molecular weight excluding hydrogens is 431 g/mol. The molecule has 2 aliphatic heterocycles. The number of piperidine rings is 1. The Labute approximate surface area is 167 Å². The molecule has 1 spiro atoms. The minimum Gasteiger partial charge on any atom is -0.377 e. The number of nitrogens with one attached hydrogen (secondary N) is 2. The summed E-state index contributed by atoms with van der Waals surface area (Å²) >= 11 is 0. The number of hydrogen-bond donors (Lipinski definition) is 2. The predicted molar refractivity (Wildman–Crippen MR) is 108 cm³/mol. The standard InChI is InChI=1S/C18H30N4O2.HI/c1-19-17(20-12-5-6-14(23)22(2)11-12)21-15-13-7-10-24-16(13)18(15)8-3-4-9-18;/h12-13,15-16H,3-11H2,1-2H3,(H2,19,20,21);1H. The van der Waals surface area contributed by atoms with Crippen molar-refractivity contribution in [3.8, 4) is 0 Å². The van der Waals surface area contributed by atoms with Gasteiger partial charge in [-0.1, -0.05) is 12.8 Å². The average Bonchev–Trinajstić information content (AvgIpc) is 3.23. The van der Waals surface area contributed by atoms with Gasteiger partial charge in [0.2, 0.25) is 5.91 Å². The van der Waals surface area contributed by atoms with Gasteiger partial charge in [0.05, 0.1) is 6.10 Å². The Morgan fingerprint density at radius 2 is 2.04 bits per heavy atom. The van der Waals surface area contributed by atoms with Crippen LogP contribution in [0.5, 0.6) is 0 Å². The molecule has 25 heavy (non-hydrogen) atoms. The first-order chi connectivity index (χ1) is 11.6. The lowest BCUT2D eigenvalue weighted by atomic mass is 9.54. The fraction of sp³-hybridized carbons (Fsp3) is 0.889. The van der Waals surface area contributed by atoms with Crippen molar-refractivity contribution in [3.63, 3.8) is 0 Å². The molecule has 6 nitrogen and oxygen atoms in total. The van der Waals surface area contributed by atoms with Crippen LogP contribution >= 0.6 is 24.0 Å². The van der Waals surface area contributed by atoms with Crippen LogP contribution in [0.25, 0.3) is 0 Å². The molecule has 2 saturated carbocycles. The van der Waals surface area contributed by atoms with Gasteiger partial charge in [-0.25, -0.2) is 0 Å². The van der Waals surface area contributed by atoms with Crippen LogP contribution < -0.4 is 10.6 Å². The fourth-order valence-corrected chi connectivity index (χ4v) is 5.55. The zero-order chi connectivity index (χ0) is 16.7. The highest BCUT2D eigenvalue weighted by Gasteiger charge is 2.65. The molecule has 1 amide bonds. The van der Waals surface area contributed by atoms with Gasteiger partial charge in [-0.15, -0.1) is 24.0 Å². The molecule has 2 heterocycles. The molecule has 0 aromatic carbocycles. The van der Waals surface area contributed by atoms with E-state index in [4.69, 9.17) is 4.74 Å². The average molecular weight is 462 g/mol. The molecule has 4 atom stereocenters. The van der Waals surface area contributed by atoms with Crippen LogP contribution in [0.3, 0.4) is 0 Å². The van der Waals surface area contributed by atoms with E-state index in [9.17, 15) is 4.79 Å². The minimum atomic E-state index is 0. The lowest BCUT2D eigenvalue weighted by Gasteiger charge is -2.57. The number of likely N-dealkylation sites (tertiary alicyclic amines) is 1. The number of nitrogens with zero attached hydrogens (tertiary/aromatic N) is 2. The smallest absolute Gasteiger partial charge is 0.222 e. The Balaban J connectivity index is 0.00000182. The van der Waals surface area contributed by atoms with Crippen molar-refractivity contribution in [1.82, 2.24) is 15.5 Å². The molecule has 4 aliphatic rings. The predicted octanol–water partition coefficient (Wildman–Crippen LogP) is 1.74. The van der Waals surface area contributed by atoms with Gasteiger partial charge in [0, 0.05) is 57.1 Å². The molecule has 2 aliphatic carbocycles. The largest absolute Gasteiger partial charge is 0.377 e. The van der Waals surface area contributed by atoms with E-state index in [1.165, 1.54) is 32.1 Å². The van der Waals surface area contributed by atoms with Crippen molar-refractivity contribution < 1.29 is 9.53 Å². The number of amides is 1. The molecule has 0 radical (unpaired) electrons. The maximum atomic E-state index is 11.7.